The zero-order valence-corrected chi connectivity index (χ0v) is 14.4. The Kier molecular flexibility index (Phi) is 4.61. The van der Waals surface area contributed by atoms with Crippen LogP contribution in [0.2, 0.25) is 0 Å². The minimum absolute atomic E-state index is 0.0243. The molecule has 3 fully saturated rings. The topological polar surface area (TPSA) is 61.9 Å². The highest BCUT2D eigenvalue weighted by Crippen LogP contribution is 2.25. The van der Waals surface area contributed by atoms with Gasteiger partial charge in [-0.1, -0.05) is 12.1 Å². The highest BCUT2D eigenvalue weighted by Gasteiger charge is 2.38. The van der Waals surface area contributed by atoms with E-state index in [9.17, 15) is 9.59 Å². The minimum atomic E-state index is -0.354. The molecule has 2 saturated heterocycles. The molecule has 6 heteroatoms. The number of carbonyl (C=O) groups excluding carboxylic acids is 2. The van der Waals surface area contributed by atoms with Crippen molar-refractivity contribution in [3.05, 3.63) is 29.8 Å². The number of ether oxygens (including phenoxy) is 1. The second-order valence-corrected chi connectivity index (χ2v) is 7.23. The minimum Gasteiger partial charge on any atom is -0.490 e. The molecule has 2 amide bonds. The van der Waals surface area contributed by atoms with E-state index in [1.165, 1.54) is 18.4 Å². The molecule has 6 nitrogen and oxygen atoms in total. The maximum atomic E-state index is 12.1. The summed E-state index contributed by atoms with van der Waals surface area (Å²) in [6.45, 7) is 2.91. The standard InChI is InChI=1S/C19H25N3O3/c23-18-11-20-19(24)17-13-21(8-9-22(17)18)12-14-4-3-7-16(10-14)25-15-5-1-2-6-15/h3-4,7,10,15,17H,1-2,5-6,8-9,11-13H2,(H,20,24). The molecule has 134 valence electrons. The largest absolute Gasteiger partial charge is 0.490 e. The summed E-state index contributed by atoms with van der Waals surface area (Å²) in [6, 6.07) is 7.91. The van der Waals surface area contributed by atoms with Gasteiger partial charge in [-0.25, -0.2) is 0 Å². The number of carbonyl (C=O) groups is 2. The van der Waals surface area contributed by atoms with Gasteiger partial charge in [0.2, 0.25) is 11.8 Å². The molecule has 3 aliphatic rings. The summed E-state index contributed by atoms with van der Waals surface area (Å²) < 4.78 is 6.09. The Morgan fingerprint density at radius 3 is 2.84 bits per heavy atom. The predicted octanol–water partition coefficient (Wildman–Crippen LogP) is 1.15. The van der Waals surface area contributed by atoms with Crippen LogP contribution in [-0.2, 0) is 16.1 Å². The Morgan fingerprint density at radius 1 is 1.16 bits per heavy atom. The third kappa shape index (κ3) is 3.63. The Hall–Kier alpha value is -2.08. The number of fused-ring (bicyclic) bond motifs is 1. The molecule has 0 spiro atoms. The van der Waals surface area contributed by atoms with Gasteiger partial charge in [0.15, 0.2) is 0 Å². The molecule has 1 atom stereocenters. The van der Waals surface area contributed by atoms with Crippen LogP contribution in [0.1, 0.15) is 31.2 Å². The van der Waals surface area contributed by atoms with Crippen molar-refractivity contribution in [1.82, 2.24) is 15.1 Å². The van der Waals surface area contributed by atoms with E-state index >= 15 is 0 Å². The zero-order chi connectivity index (χ0) is 17.2. The second kappa shape index (κ2) is 7.04. The lowest BCUT2D eigenvalue weighted by Gasteiger charge is -2.43. The van der Waals surface area contributed by atoms with Crippen molar-refractivity contribution in [2.75, 3.05) is 26.2 Å². The van der Waals surface area contributed by atoms with E-state index < -0.39 is 0 Å². The van der Waals surface area contributed by atoms with Gasteiger partial charge < -0.3 is 15.0 Å². The normalized spacial score (nSPS) is 25.0. The van der Waals surface area contributed by atoms with Crippen molar-refractivity contribution in [1.29, 1.82) is 0 Å². The van der Waals surface area contributed by atoms with Gasteiger partial charge in [-0.2, -0.15) is 0 Å². The molecule has 0 aromatic heterocycles. The van der Waals surface area contributed by atoms with Crippen LogP contribution in [0.4, 0.5) is 0 Å². The fourth-order valence-electron chi connectivity index (χ4n) is 4.06. The van der Waals surface area contributed by atoms with E-state index in [1.54, 1.807) is 4.90 Å². The molecular weight excluding hydrogens is 318 g/mol. The van der Waals surface area contributed by atoms with Crippen LogP contribution in [0, 0.1) is 0 Å². The fraction of sp³-hybridized carbons (Fsp3) is 0.579. The summed E-state index contributed by atoms with van der Waals surface area (Å²) in [5.74, 6) is 0.924. The summed E-state index contributed by atoms with van der Waals surface area (Å²) in [4.78, 5) is 28.0. The number of hydrogen-bond acceptors (Lipinski definition) is 4. The molecule has 2 heterocycles. The number of piperazine rings is 2. The Labute approximate surface area is 148 Å². The van der Waals surface area contributed by atoms with Crippen LogP contribution in [0.3, 0.4) is 0 Å². The number of rotatable bonds is 4. The number of benzene rings is 1. The number of hydrogen-bond donors (Lipinski definition) is 1. The summed E-state index contributed by atoms with van der Waals surface area (Å²) in [5.41, 5.74) is 1.19. The summed E-state index contributed by atoms with van der Waals surface area (Å²) >= 11 is 0. The Bertz CT molecular complexity index is 657. The highest BCUT2D eigenvalue weighted by atomic mass is 16.5. The number of amides is 2. The fourth-order valence-corrected chi connectivity index (χ4v) is 4.06. The molecule has 1 aromatic rings. The molecule has 2 aliphatic heterocycles. The maximum Gasteiger partial charge on any atom is 0.244 e. The van der Waals surface area contributed by atoms with Gasteiger partial charge in [0.1, 0.15) is 11.8 Å². The van der Waals surface area contributed by atoms with Gasteiger partial charge in [0.05, 0.1) is 12.6 Å². The van der Waals surface area contributed by atoms with Crippen LogP contribution in [-0.4, -0.2) is 59.9 Å². The van der Waals surface area contributed by atoms with Gasteiger partial charge in [-0.05, 0) is 43.4 Å². The molecule has 1 saturated carbocycles. The van der Waals surface area contributed by atoms with Crippen molar-refractivity contribution >= 4 is 11.8 Å². The van der Waals surface area contributed by atoms with Crippen LogP contribution in [0.15, 0.2) is 24.3 Å². The van der Waals surface area contributed by atoms with Crippen LogP contribution >= 0.6 is 0 Å². The molecule has 1 aromatic carbocycles. The third-order valence-electron chi connectivity index (χ3n) is 5.41. The van der Waals surface area contributed by atoms with Crippen molar-refractivity contribution in [2.24, 2.45) is 0 Å². The monoisotopic (exact) mass is 343 g/mol. The summed E-state index contributed by atoms with van der Waals surface area (Å²) in [7, 11) is 0. The maximum absolute atomic E-state index is 12.1. The number of nitrogens with one attached hydrogen (secondary N) is 1. The van der Waals surface area contributed by atoms with E-state index in [4.69, 9.17) is 4.74 Å². The van der Waals surface area contributed by atoms with Crippen molar-refractivity contribution in [2.45, 2.75) is 44.4 Å². The van der Waals surface area contributed by atoms with Gasteiger partial charge in [0, 0.05) is 26.2 Å². The smallest absolute Gasteiger partial charge is 0.244 e. The van der Waals surface area contributed by atoms with Gasteiger partial charge in [-0.3, -0.25) is 14.5 Å². The second-order valence-electron chi connectivity index (χ2n) is 7.23. The Balaban J connectivity index is 1.39. The SMILES string of the molecule is O=C1NCC(=O)N2CCN(Cc3cccc(OC4CCCC4)c3)CC12. The van der Waals surface area contributed by atoms with Gasteiger partial charge in [-0.15, -0.1) is 0 Å². The molecule has 1 aliphatic carbocycles. The predicted molar refractivity (Wildman–Crippen MR) is 93.1 cm³/mol. The Morgan fingerprint density at radius 2 is 2.00 bits per heavy atom. The third-order valence-corrected chi connectivity index (χ3v) is 5.41. The van der Waals surface area contributed by atoms with E-state index in [2.05, 4.69) is 22.3 Å². The quantitative estimate of drug-likeness (QED) is 0.891. The molecule has 1 unspecified atom stereocenters. The molecular formula is C19H25N3O3. The van der Waals surface area contributed by atoms with Crippen LogP contribution in [0.25, 0.3) is 0 Å². The highest BCUT2D eigenvalue weighted by molar-refractivity contribution is 5.95. The molecule has 0 bridgehead atoms. The first-order valence-corrected chi connectivity index (χ1v) is 9.24. The van der Waals surface area contributed by atoms with Crippen molar-refractivity contribution in [3.63, 3.8) is 0 Å². The number of nitrogens with zero attached hydrogens (tertiary/aromatic N) is 2. The molecule has 4 rings (SSSR count). The molecule has 1 N–H and O–H groups in total. The van der Waals surface area contributed by atoms with E-state index in [1.807, 2.05) is 12.1 Å². The van der Waals surface area contributed by atoms with Crippen LogP contribution in [0.5, 0.6) is 5.75 Å². The summed E-state index contributed by atoms with van der Waals surface area (Å²) in [6.07, 6.45) is 5.18. The average molecular weight is 343 g/mol. The first-order valence-electron chi connectivity index (χ1n) is 9.24. The van der Waals surface area contributed by atoms with Crippen LogP contribution < -0.4 is 10.1 Å². The van der Waals surface area contributed by atoms with Gasteiger partial charge in [0.25, 0.3) is 0 Å². The molecule has 25 heavy (non-hydrogen) atoms. The first kappa shape index (κ1) is 16.4. The lowest BCUT2D eigenvalue weighted by molar-refractivity contribution is -0.149. The van der Waals surface area contributed by atoms with E-state index in [0.29, 0.717) is 19.2 Å². The lowest BCUT2D eigenvalue weighted by atomic mass is 10.1. The van der Waals surface area contributed by atoms with E-state index in [-0.39, 0.29) is 24.4 Å². The molecule has 0 radical (unpaired) electrons. The average Bonchev–Trinajstić information content (AvgIpc) is 3.12. The summed E-state index contributed by atoms with van der Waals surface area (Å²) in [5, 5.41) is 2.69. The van der Waals surface area contributed by atoms with Gasteiger partial charge >= 0.3 is 0 Å². The first-order chi connectivity index (χ1) is 12.2. The van der Waals surface area contributed by atoms with Crippen molar-refractivity contribution < 1.29 is 14.3 Å². The zero-order valence-electron chi connectivity index (χ0n) is 14.4. The van der Waals surface area contributed by atoms with E-state index in [0.717, 1.165) is 31.7 Å². The van der Waals surface area contributed by atoms with Crippen molar-refractivity contribution in [3.8, 4) is 5.75 Å². The lowest BCUT2D eigenvalue weighted by Crippen LogP contribution is -2.65.